The second-order valence-corrected chi connectivity index (χ2v) is 6.25. The van der Waals surface area contributed by atoms with E-state index in [9.17, 15) is 8.42 Å². The highest BCUT2D eigenvalue weighted by Crippen LogP contribution is 2.29. The van der Waals surface area contributed by atoms with Crippen molar-refractivity contribution in [3.8, 4) is 11.5 Å². The van der Waals surface area contributed by atoms with E-state index in [-0.39, 0.29) is 4.90 Å². The molecule has 0 aliphatic rings. The SMILES string of the molecule is COc1cc(S(C)(=O)=O)ccc1OCCN(C)C. The molecule has 18 heavy (non-hydrogen) atoms. The minimum absolute atomic E-state index is 0.222. The van der Waals surface area contributed by atoms with Crippen molar-refractivity contribution in [3.63, 3.8) is 0 Å². The summed E-state index contributed by atoms with van der Waals surface area (Å²) in [6.07, 6.45) is 1.16. The molecule has 6 heteroatoms. The minimum Gasteiger partial charge on any atom is -0.493 e. The first-order valence-electron chi connectivity index (χ1n) is 5.50. The standard InChI is InChI=1S/C12H19NO4S/c1-13(2)7-8-17-11-6-5-10(18(4,14)15)9-12(11)16-3/h5-6,9H,7-8H2,1-4H3. The van der Waals surface area contributed by atoms with Gasteiger partial charge in [-0.25, -0.2) is 8.42 Å². The molecule has 0 radical (unpaired) electrons. The molecule has 0 unspecified atom stereocenters. The Balaban J connectivity index is 2.87. The molecule has 1 aromatic carbocycles. The lowest BCUT2D eigenvalue weighted by Gasteiger charge is -2.14. The summed E-state index contributed by atoms with van der Waals surface area (Å²) in [5.41, 5.74) is 0. The summed E-state index contributed by atoms with van der Waals surface area (Å²) in [5.74, 6) is 0.975. The molecular formula is C12H19NO4S. The molecule has 0 aliphatic heterocycles. The number of ether oxygens (including phenoxy) is 2. The third-order valence-corrected chi connectivity index (χ3v) is 3.47. The van der Waals surface area contributed by atoms with Crippen LogP contribution in [-0.2, 0) is 9.84 Å². The zero-order valence-electron chi connectivity index (χ0n) is 11.1. The highest BCUT2D eigenvalue weighted by atomic mass is 32.2. The smallest absolute Gasteiger partial charge is 0.175 e. The van der Waals surface area contributed by atoms with Crippen LogP contribution in [0.4, 0.5) is 0 Å². The first-order chi connectivity index (χ1) is 8.34. The van der Waals surface area contributed by atoms with Crippen LogP contribution in [0.1, 0.15) is 0 Å². The van der Waals surface area contributed by atoms with Crippen molar-refractivity contribution in [2.24, 2.45) is 0 Å². The van der Waals surface area contributed by atoms with Gasteiger partial charge in [-0.3, -0.25) is 0 Å². The number of likely N-dealkylation sites (N-methyl/N-ethyl adjacent to an activating group) is 1. The van der Waals surface area contributed by atoms with E-state index in [0.717, 1.165) is 12.8 Å². The molecular weight excluding hydrogens is 254 g/mol. The van der Waals surface area contributed by atoms with Gasteiger partial charge in [0.15, 0.2) is 21.3 Å². The summed E-state index contributed by atoms with van der Waals surface area (Å²) in [4.78, 5) is 2.22. The normalized spacial score (nSPS) is 11.6. The van der Waals surface area contributed by atoms with Crippen LogP contribution in [0.3, 0.4) is 0 Å². The molecule has 0 N–H and O–H groups in total. The maximum Gasteiger partial charge on any atom is 0.175 e. The van der Waals surface area contributed by atoms with Crippen LogP contribution in [-0.4, -0.2) is 53.9 Å². The van der Waals surface area contributed by atoms with E-state index in [2.05, 4.69) is 0 Å². The van der Waals surface area contributed by atoms with E-state index >= 15 is 0 Å². The van der Waals surface area contributed by atoms with Crippen LogP contribution in [0, 0.1) is 0 Å². The van der Waals surface area contributed by atoms with Crippen LogP contribution in [0.5, 0.6) is 11.5 Å². The molecule has 0 fully saturated rings. The number of methoxy groups -OCH3 is 1. The Morgan fingerprint density at radius 3 is 2.39 bits per heavy atom. The Morgan fingerprint density at radius 2 is 1.89 bits per heavy atom. The lowest BCUT2D eigenvalue weighted by atomic mass is 10.3. The third-order valence-electron chi connectivity index (χ3n) is 2.36. The Hall–Kier alpha value is -1.27. The van der Waals surface area contributed by atoms with Gasteiger partial charge in [-0.1, -0.05) is 0 Å². The molecule has 5 nitrogen and oxygen atoms in total. The number of rotatable bonds is 6. The Labute approximate surface area is 108 Å². The number of hydrogen-bond donors (Lipinski definition) is 0. The second-order valence-electron chi connectivity index (χ2n) is 4.24. The third kappa shape index (κ3) is 4.19. The monoisotopic (exact) mass is 273 g/mol. The Morgan fingerprint density at radius 1 is 1.22 bits per heavy atom. The molecule has 0 aliphatic carbocycles. The minimum atomic E-state index is -3.23. The van der Waals surface area contributed by atoms with Gasteiger partial charge in [0, 0.05) is 18.9 Å². The van der Waals surface area contributed by atoms with Gasteiger partial charge in [0.1, 0.15) is 6.61 Å². The lowest BCUT2D eigenvalue weighted by molar-refractivity contribution is 0.250. The number of nitrogens with zero attached hydrogens (tertiary/aromatic N) is 1. The fourth-order valence-electron chi connectivity index (χ4n) is 1.34. The van der Waals surface area contributed by atoms with Gasteiger partial charge in [-0.05, 0) is 26.2 Å². The predicted molar refractivity (Wildman–Crippen MR) is 70.2 cm³/mol. The highest BCUT2D eigenvalue weighted by Gasteiger charge is 2.12. The van der Waals surface area contributed by atoms with Crippen molar-refractivity contribution in [2.45, 2.75) is 4.90 Å². The molecule has 102 valence electrons. The van der Waals surface area contributed by atoms with Crippen molar-refractivity contribution < 1.29 is 17.9 Å². The van der Waals surface area contributed by atoms with Crippen molar-refractivity contribution >= 4 is 9.84 Å². The molecule has 0 atom stereocenters. The largest absolute Gasteiger partial charge is 0.493 e. The molecule has 1 aromatic rings. The summed E-state index contributed by atoms with van der Waals surface area (Å²) in [6, 6.07) is 4.61. The molecule has 0 saturated heterocycles. The summed E-state index contributed by atoms with van der Waals surface area (Å²) in [5, 5.41) is 0. The van der Waals surface area contributed by atoms with Crippen LogP contribution in [0.25, 0.3) is 0 Å². The van der Waals surface area contributed by atoms with Gasteiger partial charge in [0.2, 0.25) is 0 Å². The summed E-state index contributed by atoms with van der Waals surface area (Å²) < 4.78 is 33.5. The number of sulfone groups is 1. The molecule has 0 amide bonds. The second kappa shape index (κ2) is 6.06. The van der Waals surface area contributed by atoms with E-state index < -0.39 is 9.84 Å². The average molecular weight is 273 g/mol. The Bertz CT molecular complexity index is 497. The van der Waals surface area contributed by atoms with E-state index in [4.69, 9.17) is 9.47 Å². The molecule has 0 spiro atoms. The molecule has 0 aromatic heterocycles. The summed E-state index contributed by atoms with van der Waals surface area (Å²) in [6.45, 7) is 1.29. The summed E-state index contributed by atoms with van der Waals surface area (Å²) in [7, 11) is 2.16. The van der Waals surface area contributed by atoms with Gasteiger partial charge in [0.25, 0.3) is 0 Å². The fourth-order valence-corrected chi connectivity index (χ4v) is 1.97. The van der Waals surface area contributed by atoms with Crippen LogP contribution in [0.15, 0.2) is 23.1 Å². The van der Waals surface area contributed by atoms with E-state index in [1.165, 1.54) is 19.2 Å². The predicted octanol–water partition coefficient (Wildman–Crippen LogP) is 1.04. The first-order valence-corrected chi connectivity index (χ1v) is 7.39. The van der Waals surface area contributed by atoms with Crippen LogP contribution in [0.2, 0.25) is 0 Å². The first kappa shape index (κ1) is 14.8. The molecule has 0 heterocycles. The zero-order chi connectivity index (χ0) is 13.8. The van der Waals surface area contributed by atoms with Crippen molar-refractivity contribution in [3.05, 3.63) is 18.2 Å². The Kier molecular flexibility index (Phi) is 4.98. The highest BCUT2D eigenvalue weighted by molar-refractivity contribution is 7.90. The van der Waals surface area contributed by atoms with Crippen molar-refractivity contribution in [1.29, 1.82) is 0 Å². The maximum absolute atomic E-state index is 11.4. The average Bonchev–Trinajstić information content (AvgIpc) is 2.27. The summed E-state index contributed by atoms with van der Waals surface area (Å²) >= 11 is 0. The lowest BCUT2D eigenvalue weighted by Crippen LogP contribution is -2.19. The van der Waals surface area contributed by atoms with Gasteiger partial charge < -0.3 is 14.4 Å². The quantitative estimate of drug-likeness (QED) is 0.775. The van der Waals surface area contributed by atoms with Gasteiger partial charge in [-0.2, -0.15) is 0 Å². The van der Waals surface area contributed by atoms with Crippen LogP contribution < -0.4 is 9.47 Å². The zero-order valence-corrected chi connectivity index (χ0v) is 12.0. The van der Waals surface area contributed by atoms with Crippen molar-refractivity contribution in [1.82, 2.24) is 4.90 Å². The fraction of sp³-hybridized carbons (Fsp3) is 0.500. The molecule has 1 rings (SSSR count). The van der Waals surface area contributed by atoms with Crippen molar-refractivity contribution in [2.75, 3.05) is 40.6 Å². The number of benzene rings is 1. The van der Waals surface area contributed by atoms with Crippen LogP contribution >= 0.6 is 0 Å². The van der Waals surface area contributed by atoms with E-state index in [1.807, 2.05) is 19.0 Å². The van der Waals surface area contributed by atoms with Gasteiger partial charge in [0.05, 0.1) is 12.0 Å². The number of hydrogen-bond acceptors (Lipinski definition) is 5. The van der Waals surface area contributed by atoms with E-state index in [0.29, 0.717) is 18.1 Å². The maximum atomic E-state index is 11.4. The molecule has 0 saturated carbocycles. The topological polar surface area (TPSA) is 55.8 Å². The van der Waals surface area contributed by atoms with E-state index in [1.54, 1.807) is 6.07 Å². The molecule has 0 bridgehead atoms. The van der Waals surface area contributed by atoms with Gasteiger partial charge in [-0.15, -0.1) is 0 Å². The van der Waals surface area contributed by atoms with Gasteiger partial charge >= 0.3 is 0 Å².